The lowest BCUT2D eigenvalue weighted by atomic mass is 9.96. The first-order valence-corrected chi connectivity index (χ1v) is 8.55. The monoisotopic (exact) mass is 290 g/mol. The number of aliphatic hydroxyl groups is 1. The van der Waals surface area contributed by atoms with Gasteiger partial charge < -0.3 is 15.3 Å². The molecule has 1 unspecified atom stereocenters. The molecule has 0 spiro atoms. The molecule has 21 heavy (non-hydrogen) atoms. The first-order chi connectivity index (χ1) is 10.4. The van der Waals surface area contributed by atoms with Crippen LogP contribution in [0.1, 0.15) is 57.1 Å². The smallest absolute Gasteiger partial charge is 0.0431 e. The van der Waals surface area contributed by atoms with Crippen molar-refractivity contribution in [1.29, 1.82) is 0 Å². The summed E-state index contributed by atoms with van der Waals surface area (Å²) >= 11 is 0. The number of anilines is 1. The Hall–Kier alpha value is -1.06. The Morgan fingerprint density at radius 2 is 2.00 bits per heavy atom. The molecule has 1 aromatic rings. The van der Waals surface area contributed by atoms with Crippen molar-refractivity contribution in [3.63, 3.8) is 0 Å². The van der Waals surface area contributed by atoms with E-state index in [4.69, 9.17) is 5.11 Å². The summed E-state index contributed by atoms with van der Waals surface area (Å²) < 4.78 is 0. The Morgan fingerprint density at radius 1 is 1.19 bits per heavy atom. The van der Waals surface area contributed by atoms with E-state index in [9.17, 15) is 0 Å². The molecule has 3 heteroatoms. The van der Waals surface area contributed by atoms with Crippen LogP contribution in [0.3, 0.4) is 0 Å². The molecule has 2 N–H and O–H groups in total. The molecule has 0 bridgehead atoms. The van der Waals surface area contributed by atoms with Gasteiger partial charge in [-0.25, -0.2) is 0 Å². The summed E-state index contributed by atoms with van der Waals surface area (Å²) in [4.78, 5) is 2.54. The number of rotatable bonds is 9. The number of hydrogen-bond acceptors (Lipinski definition) is 3. The summed E-state index contributed by atoms with van der Waals surface area (Å²) in [5.41, 5.74) is 2.88. The molecule has 0 amide bonds. The van der Waals surface area contributed by atoms with Crippen molar-refractivity contribution in [2.24, 2.45) is 0 Å². The summed E-state index contributed by atoms with van der Waals surface area (Å²) in [5.74, 6) is 0. The van der Waals surface area contributed by atoms with Gasteiger partial charge in [0.15, 0.2) is 0 Å². The van der Waals surface area contributed by atoms with Crippen molar-refractivity contribution in [2.75, 3.05) is 31.1 Å². The van der Waals surface area contributed by atoms with Gasteiger partial charge >= 0.3 is 0 Å². The molecule has 1 aromatic carbocycles. The predicted octanol–water partition coefficient (Wildman–Crippen LogP) is 3.49. The van der Waals surface area contributed by atoms with Gasteiger partial charge in [-0.15, -0.1) is 0 Å². The van der Waals surface area contributed by atoms with Gasteiger partial charge in [0.25, 0.3) is 0 Å². The van der Waals surface area contributed by atoms with Crippen LogP contribution < -0.4 is 10.2 Å². The Morgan fingerprint density at radius 3 is 2.81 bits per heavy atom. The maximum absolute atomic E-state index is 8.83. The molecule has 2 rings (SSSR count). The molecule has 0 fully saturated rings. The molecule has 1 aliphatic rings. The Kier molecular flexibility index (Phi) is 7.04. The van der Waals surface area contributed by atoms with Gasteiger partial charge in [0.2, 0.25) is 0 Å². The minimum atomic E-state index is 0.331. The second kappa shape index (κ2) is 9.06. The van der Waals surface area contributed by atoms with Gasteiger partial charge in [0, 0.05) is 31.4 Å². The lowest BCUT2D eigenvalue weighted by molar-refractivity contribution is 0.282. The zero-order chi connectivity index (χ0) is 14.9. The number of unbranched alkanes of at least 4 members (excludes halogenated alkanes) is 3. The van der Waals surface area contributed by atoms with Crippen LogP contribution in [0.4, 0.5) is 5.69 Å². The van der Waals surface area contributed by atoms with Gasteiger partial charge in [0.05, 0.1) is 0 Å². The molecular formula is C18H30N2O. The molecule has 0 saturated carbocycles. The Labute approximate surface area is 129 Å². The van der Waals surface area contributed by atoms with Crippen molar-refractivity contribution >= 4 is 5.69 Å². The molecule has 1 aliphatic heterocycles. The molecule has 1 heterocycles. The first-order valence-electron chi connectivity index (χ1n) is 8.55. The SMILES string of the molecule is CCCNC1CCN(CCCCCCO)c2ccccc21. The molecule has 1 atom stereocenters. The maximum Gasteiger partial charge on any atom is 0.0431 e. The highest BCUT2D eigenvalue weighted by molar-refractivity contribution is 5.56. The topological polar surface area (TPSA) is 35.5 Å². The van der Waals surface area contributed by atoms with E-state index >= 15 is 0 Å². The number of para-hydroxylation sites is 1. The lowest BCUT2D eigenvalue weighted by Crippen LogP contribution is -2.36. The van der Waals surface area contributed by atoms with Crippen molar-refractivity contribution < 1.29 is 5.11 Å². The quantitative estimate of drug-likeness (QED) is 0.683. The average molecular weight is 290 g/mol. The minimum absolute atomic E-state index is 0.331. The van der Waals surface area contributed by atoms with Gasteiger partial charge in [-0.3, -0.25) is 0 Å². The van der Waals surface area contributed by atoms with Gasteiger partial charge in [-0.1, -0.05) is 38.0 Å². The van der Waals surface area contributed by atoms with E-state index < -0.39 is 0 Å². The van der Waals surface area contributed by atoms with E-state index in [1.54, 1.807) is 0 Å². The summed E-state index contributed by atoms with van der Waals surface area (Å²) in [7, 11) is 0. The van der Waals surface area contributed by atoms with Crippen molar-refractivity contribution in [3.8, 4) is 0 Å². The van der Waals surface area contributed by atoms with Crippen molar-refractivity contribution in [1.82, 2.24) is 5.32 Å². The second-order valence-corrected chi connectivity index (χ2v) is 5.98. The average Bonchev–Trinajstić information content (AvgIpc) is 2.53. The fourth-order valence-corrected chi connectivity index (χ4v) is 3.16. The molecular weight excluding hydrogens is 260 g/mol. The maximum atomic E-state index is 8.83. The second-order valence-electron chi connectivity index (χ2n) is 5.98. The Bertz CT molecular complexity index is 408. The van der Waals surface area contributed by atoms with Crippen LogP contribution in [-0.2, 0) is 0 Å². The van der Waals surface area contributed by atoms with E-state index in [2.05, 4.69) is 41.4 Å². The fraction of sp³-hybridized carbons (Fsp3) is 0.667. The fourth-order valence-electron chi connectivity index (χ4n) is 3.16. The van der Waals surface area contributed by atoms with E-state index in [-0.39, 0.29) is 0 Å². The zero-order valence-electron chi connectivity index (χ0n) is 13.4. The zero-order valence-corrected chi connectivity index (χ0v) is 13.4. The van der Waals surface area contributed by atoms with Crippen LogP contribution in [0.25, 0.3) is 0 Å². The molecule has 0 radical (unpaired) electrons. The van der Waals surface area contributed by atoms with Gasteiger partial charge in [-0.2, -0.15) is 0 Å². The molecule has 0 aliphatic carbocycles. The number of fused-ring (bicyclic) bond motifs is 1. The number of benzene rings is 1. The van der Waals surface area contributed by atoms with E-state index in [1.165, 1.54) is 36.9 Å². The number of nitrogens with one attached hydrogen (secondary N) is 1. The summed E-state index contributed by atoms with van der Waals surface area (Å²) in [5, 5.41) is 12.5. The third-order valence-electron chi connectivity index (χ3n) is 4.32. The summed E-state index contributed by atoms with van der Waals surface area (Å²) in [6.45, 7) is 5.94. The van der Waals surface area contributed by atoms with Crippen LogP contribution in [0.2, 0.25) is 0 Å². The van der Waals surface area contributed by atoms with Crippen LogP contribution >= 0.6 is 0 Å². The molecule has 3 nitrogen and oxygen atoms in total. The Balaban J connectivity index is 1.92. The van der Waals surface area contributed by atoms with Crippen molar-refractivity contribution in [2.45, 2.75) is 51.5 Å². The highest BCUT2D eigenvalue weighted by Gasteiger charge is 2.23. The van der Waals surface area contributed by atoms with Crippen LogP contribution in [0, 0.1) is 0 Å². The predicted molar refractivity (Wildman–Crippen MR) is 89.9 cm³/mol. The largest absolute Gasteiger partial charge is 0.396 e. The third-order valence-corrected chi connectivity index (χ3v) is 4.32. The molecule has 0 aromatic heterocycles. The molecule has 118 valence electrons. The first kappa shape index (κ1) is 16.3. The highest BCUT2D eigenvalue weighted by Crippen LogP contribution is 2.33. The van der Waals surface area contributed by atoms with Crippen molar-refractivity contribution in [3.05, 3.63) is 29.8 Å². The normalized spacial score (nSPS) is 17.8. The van der Waals surface area contributed by atoms with Crippen LogP contribution in [0.15, 0.2) is 24.3 Å². The van der Waals surface area contributed by atoms with E-state index in [0.29, 0.717) is 12.6 Å². The van der Waals surface area contributed by atoms with Gasteiger partial charge in [-0.05, 0) is 43.9 Å². The lowest BCUT2D eigenvalue weighted by Gasteiger charge is -2.36. The number of aliphatic hydroxyl groups excluding tert-OH is 1. The van der Waals surface area contributed by atoms with E-state index in [0.717, 1.165) is 32.5 Å². The number of hydrogen-bond donors (Lipinski definition) is 2. The standard InChI is InChI=1S/C18H30N2O/c1-2-12-19-17-11-14-20(13-7-3-4-8-15-21)18-10-6-5-9-16(17)18/h5-6,9-10,17,19,21H,2-4,7-8,11-15H2,1H3. The number of nitrogens with zero attached hydrogens (tertiary/aromatic N) is 1. The summed E-state index contributed by atoms with van der Waals surface area (Å²) in [6, 6.07) is 9.37. The molecule has 0 saturated heterocycles. The summed E-state index contributed by atoms with van der Waals surface area (Å²) in [6.07, 6.45) is 6.92. The van der Waals surface area contributed by atoms with Crippen LogP contribution in [0.5, 0.6) is 0 Å². The van der Waals surface area contributed by atoms with E-state index in [1.807, 2.05) is 0 Å². The van der Waals surface area contributed by atoms with Gasteiger partial charge in [0.1, 0.15) is 0 Å². The van der Waals surface area contributed by atoms with Crippen LogP contribution in [-0.4, -0.2) is 31.3 Å². The minimum Gasteiger partial charge on any atom is -0.396 e. The third kappa shape index (κ3) is 4.72. The highest BCUT2D eigenvalue weighted by atomic mass is 16.2.